The monoisotopic (exact) mass is 476 g/mol. The summed E-state index contributed by atoms with van der Waals surface area (Å²) in [7, 11) is 0. The van der Waals surface area contributed by atoms with Gasteiger partial charge in [-0.15, -0.1) is 22.1 Å². The van der Waals surface area contributed by atoms with E-state index < -0.39 is 0 Å². The van der Waals surface area contributed by atoms with Crippen LogP contribution >= 0.6 is 0 Å². The van der Waals surface area contributed by atoms with E-state index in [1.54, 1.807) is 0 Å². The third-order valence-electron chi connectivity index (χ3n) is 8.06. The van der Waals surface area contributed by atoms with Crippen molar-refractivity contribution in [1.29, 1.82) is 0 Å². The SMILES string of the molecule is CCC1=C(C)c2cc3[n-]c(cc4[n-]c(cc5nc(cc1n2)C(CC)=C5C)c(CC)c4C)c(CC)c3C. The van der Waals surface area contributed by atoms with Gasteiger partial charge in [-0.25, -0.2) is 9.97 Å². The normalized spacial score (nSPS) is 13.8. The summed E-state index contributed by atoms with van der Waals surface area (Å²) in [6.45, 7) is 17.6. The first-order valence-corrected chi connectivity index (χ1v) is 13.3. The second kappa shape index (κ2) is 9.24. The molecule has 5 heterocycles. The van der Waals surface area contributed by atoms with Crippen LogP contribution < -0.4 is 9.97 Å². The number of rotatable bonds is 4. The molecule has 0 N–H and O–H groups in total. The molecule has 36 heavy (non-hydrogen) atoms. The van der Waals surface area contributed by atoms with Crippen LogP contribution in [-0.2, 0) is 12.8 Å². The molecule has 0 amide bonds. The van der Waals surface area contributed by atoms with Crippen LogP contribution in [-0.4, -0.2) is 9.97 Å². The molecule has 4 nitrogen and oxygen atoms in total. The molecule has 5 rings (SSSR count). The smallest absolute Gasteiger partial charge is 0.0693 e. The van der Waals surface area contributed by atoms with Gasteiger partial charge in [0, 0.05) is 0 Å². The molecule has 0 spiro atoms. The van der Waals surface area contributed by atoms with E-state index in [4.69, 9.17) is 19.9 Å². The lowest BCUT2D eigenvalue weighted by Crippen LogP contribution is -1.85. The van der Waals surface area contributed by atoms with Crippen molar-refractivity contribution >= 4 is 44.4 Å². The molecule has 0 fully saturated rings. The third-order valence-corrected chi connectivity index (χ3v) is 8.06. The molecule has 3 aromatic rings. The van der Waals surface area contributed by atoms with Crippen LogP contribution in [0.25, 0.3) is 44.4 Å². The number of hydrogen-bond donors (Lipinski definition) is 0. The molecular weight excluding hydrogens is 440 g/mol. The van der Waals surface area contributed by atoms with Crippen LogP contribution in [0.1, 0.15) is 99.4 Å². The summed E-state index contributed by atoms with van der Waals surface area (Å²) in [5.74, 6) is 0. The maximum Gasteiger partial charge on any atom is 0.0693 e. The van der Waals surface area contributed by atoms with Gasteiger partial charge in [0.15, 0.2) is 0 Å². The molecule has 0 unspecified atom stereocenters. The summed E-state index contributed by atoms with van der Waals surface area (Å²) >= 11 is 0. The summed E-state index contributed by atoms with van der Waals surface area (Å²) in [5.41, 5.74) is 18.2. The molecule has 2 aliphatic rings. The average Bonchev–Trinajstić information content (AvgIpc) is 3.51. The predicted molar refractivity (Wildman–Crippen MR) is 153 cm³/mol. The quantitative estimate of drug-likeness (QED) is 0.383. The molecule has 2 aliphatic heterocycles. The van der Waals surface area contributed by atoms with Gasteiger partial charge in [0.25, 0.3) is 0 Å². The Morgan fingerprint density at radius 2 is 0.917 bits per heavy atom. The maximum atomic E-state index is 5.12. The summed E-state index contributed by atoms with van der Waals surface area (Å²) in [5, 5.41) is 0. The standard InChI is InChI=1S/C32H36N4/c1-9-21-17(5)25-13-26-18(6)23(11-3)31(34-26)16-32-24(12-4)20(8)28(36-32)15-30-22(10-2)19(7)27(35-30)14-29(21)33-25/h13-16H,9-12H2,1-8H3/q-2. The Labute approximate surface area is 214 Å². The zero-order valence-electron chi connectivity index (χ0n) is 22.9. The first-order chi connectivity index (χ1) is 17.3. The van der Waals surface area contributed by atoms with Gasteiger partial charge in [-0.2, -0.15) is 0 Å². The largest absolute Gasteiger partial charge is 0.657 e. The molecule has 0 saturated heterocycles. The summed E-state index contributed by atoms with van der Waals surface area (Å²) in [6.07, 6.45) is 3.74. The van der Waals surface area contributed by atoms with Gasteiger partial charge in [-0.3, -0.25) is 0 Å². The molecule has 186 valence electrons. The molecule has 0 aliphatic carbocycles. The number of hydrogen-bond acceptors (Lipinski definition) is 2. The van der Waals surface area contributed by atoms with Gasteiger partial charge in [0.2, 0.25) is 0 Å². The highest BCUT2D eigenvalue weighted by Crippen LogP contribution is 2.36. The highest BCUT2D eigenvalue weighted by atomic mass is 14.8. The van der Waals surface area contributed by atoms with Crippen molar-refractivity contribution in [2.24, 2.45) is 0 Å². The Bertz CT molecular complexity index is 1600. The van der Waals surface area contributed by atoms with Gasteiger partial charge < -0.3 is 9.97 Å². The first-order valence-electron chi connectivity index (χ1n) is 13.3. The van der Waals surface area contributed by atoms with Crippen molar-refractivity contribution in [2.75, 3.05) is 0 Å². The van der Waals surface area contributed by atoms with Crippen LogP contribution in [0, 0.1) is 13.8 Å². The minimum absolute atomic E-state index is 0.934. The van der Waals surface area contributed by atoms with E-state index in [0.29, 0.717) is 0 Å². The predicted octanol–water partition coefficient (Wildman–Crippen LogP) is 8.00. The first kappa shape index (κ1) is 24.3. The van der Waals surface area contributed by atoms with Crippen molar-refractivity contribution in [3.05, 3.63) is 69.3 Å². The second-order valence-corrected chi connectivity index (χ2v) is 9.93. The highest BCUT2D eigenvalue weighted by molar-refractivity contribution is 5.95. The van der Waals surface area contributed by atoms with Crippen LogP contribution in [0.3, 0.4) is 0 Å². The Hall–Kier alpha value is -3.40. The van der Waals surface area contributed by atoms with Gasteiger partial charge in [0.1, 0.15) is 0 Å². The maximum absolute atomic E-state index is 5.12. The van der Waals surface area contributed by atoms with Crippen LogP contribution in [0.15, 0.2) is 24.3 Å². The fraction of sp³-hybridized carbons (Fsp3) is 0.375. The van der Waals surface area contributed by atoms with Gasteiger partial charge in [-0.05, 0) is 81.7 Å². The van der Waals surface area contributed by atoms with Crippen LogP contribution in [0.2, 0.25) is 0 Å². The van der Waals surface area contributed by atoms with E-state index in [9.17, 15) is 0 Å². The van der Waals surface area contributed by atoms with Gasteiger partial charge >= 0.3 is 0 Å². The Morgan fingerprint density at radius 1 is 0.500 bits per heavy atom. The molecule has 0 atom stereocenters. The highest BCUT2D eigenvalue weighted by Gasteiger charge is 2.19. The van der Waals surface area contributed by atoms with E-state index >= 15 is 0 Å². The van der Waals surface area contributed by atoms with E-state index in [-0.39, 0.29) is 0 Å². The Morgan fingerprint density at radius 3 is 1.36 bits per heavy atom. The lowest BCUT2D eigenvalue weighted by molar-refractivity contribution is 1.14. The van der Waals surface area contributed by atoms with Gasteiger partial charge in [-0.1, -0.05) is 68.1 Å². The van der Waals surface area contributed by atoms with Crippen molar-refractivity contribution in [1.82, 2.24) is 19.9 Å². The summed E-state index contributed by atoms with van der Waals surface area (Å²) < 4.78 is 0. The number of aryl methyl sites for hydroxylation is 4. The molecule has 0 radical (unpaired) electrons. The molecule has 3 aromatic heterocycles. The van der Waals surface area contributed by atoms with Crippen LogP contribution in [0.5, 0.6) is 0 Å². The molecule has 8 bridgehead atoms. The topological polar surface area (TPSA) is 54.0 Å². The molecule has 4 heteroatoms. The Kier molecular flexibility index (Phi) is 6.23. The number of nitrogens with zero attached hydrogens (tertiary/aromatic N) is 4. The molecule has 0 aromatic carbocycles. The fourth-order valence-corrected chi connectivity index (χ4v) is 5.85. The van der Waals surface area contributed by atoms with Crippen molar-refractivity contribution < 1.29 is 0 Å². The number of fused-ring (bicyclic) bond motifs is 8. The van der Waals surface area contributed by atoms with E-state index in [0.717, 1.165) is 70.5 Å². The Balaban J connectivity index is 2.00. The number of allylic oxidation sites excluding steroid dienone is 4. The third kappa shape index (κ3) is 3.75. The summed E-state index contributed by atoms with van der Waals surface area (Å²) in [4.78, 5) is 20.4. The summed E-state index contributed by atoms with van der Waals surface area (Å²) in [6, 6.07) is 8.72. The molecular formula is C32H36N4-2. The van der Waals surface area contributed by atoms with Crippen molar-refractivity contribution in [2.45, 2.75) is 81.1 Å². The zero-order chi connectivity index (χ0) is 25.7. The van der Waals surface area contributed by atoms with E-state index in [2.05, 4.69) is 79.7 Å². The van der Waals surface area contributed by atoms with Crippen LogP contribution in [0.4, 0.5) is 0 Å². The zero-order valence-corrected chi connectivity index (χ0v) is 22.9. The minimum atomic E-state index is 0.934. The van der Waals surface area contributed by atoms with Gasteiger partial charge in [0.05, 0.1) is 22.8 Å². The van der Waals surface area contributed by atoms with Crippen molar-refractivity contribution in [3.8, 4) is 0 Å². The average molecular weight is 477 g/mol. The molecule has 0 saturated carbocycles. The second-order valence-electron chi connectivity index (χ2n) is 9.93. The van der Waals surface area contributed by atoms with Crippen molar-refractivity contribution in [3.63, 3.8) is 0 Å². The van der Waals surface area contributed by atoms with E-state index in [1.165, 1.54) is 44.5 Å². The minimum Gasteiger partial charge on any atom is -0.657 e. The van der Waals surface area contributed by atoms with E-state index in [1.807, 2.05) is 0 Å². The number of aromatic nitrogens is 4. The fourth-order valence-electron chi connectivity index (χ4n) is 5.85. The lowest BCUT2D eigenvalue weighted by atomic mass is 10.0. The lowest BCUT2D eigenvalue weighted by Gasteiger charge is -2.04.